The van der Waals surface area contributed by atoms with Crippen molar-refractivity contribution in [1.82, 2.24) is 9.88 Å². The van der Waals surface area contributed by atoms with Gasteiger partial charge >= 0.3 is 5.69 Å². The summed E-state index contributed by atoms with van der Waals surface area (Å²) in [6.07, 6.45) is 3.33. The van der Waals surface area contributed by atoms with Crippen LogP contribution < -0.4 is 16.6 Å². The first-order valence-electron chi connectivity index (χ1n) is 6.81. The maximum atomic E-state index is 11.1. The highest BCUT2D eigenvalue weighted by Gasteiger charge is 2.38. The van der Waals surface area contributed by atoms with Gasteiger partial charge in [-0.05, 0) is 31.9 Å². The Morgan fingerprint density at radius 3 is 3.00 bits per heavy atom. The highest BCUT2D eigenvalue weighted by Crippen LogP contribution is 2.32. The number of fused-ring (bicyclic) bond motifs is 1. The lowest BCUT2D eigenvalue weighted by atomic mass is 10.1. The Morgan fingerprint density at radius 1 is 1.40 bits per heavy atom. The molecule has 1 aromatic rings. The van der Waals surface area contributed by atoms with E-state index >= 15 is 0 Å². The molecule has 0 aromatic carbocycles. The number of nitrogens with two attached hydrogens (primary N) is 1. The van der Waals surface area contributed by atoms with Gasteiger partial charge in [0.15, 0.2) is 0 Å². The van der Waals surface area contributed by atoms with Crippen LogP contribution in [0.15, 0.2) is 12.1 Å². The molecule has 2 saturated heterocycles. The van der Waals surface area contributed by atoms with Gasteiger partial charge in [0.1, 0.15) is 5.82 Å². The van der Waals surface area contributed by atoms with Gasteiger partial charge in [-0.15, -0.1) is 0 Å². The van der Waals surface area contributed by atoms with Gasteiger partial charge in [0.25, 0.3) is 0 Å². The maximum absolute atomic E-state index is 11.1. The molecule has 2 atom stereocenters. The van der Waals surface area contributed by atoms with E-state index in [0.29, 0.717) is 17.7 Å². The second-order valence-corrected chi connectivity index (χ2v) is 5.25. The zero-order valence-corrected chi connectivity index (χ0v) is 11.1. The lowest BCUT2D eigenvalue weighted by Gasteiger charge is -2.21. The van der Waals surface area contributed by atoms with E-state index in [-0.39, 0.29) is 11.7 Å². The number of aromatic nitrogens is 1. The van der Waals surface area contributed by atoms with Gasteiger partial charge in [0.05, 0.1) is 4.92 Å². The molecule has 8 heteroatoms. The molecule has 0 saturated carbocycles. The minimum absolute atomic E-state index is 0.0135. The van der Waals surface area contributed by atoms with Gasteiger partial charge in [-0.1, -0.05) is 0 Å². The first-order valence-corrected chi connectivity index (χ1v) is 6.81. The van der Waals surface area contributed by atoms with Crippen molar-refractivity contribution in [1.29, 1.82) is 0 Å². The van der Waals surface area contributed by atoms with Gasteiger partial charge in [-0.25, -0.2) is 10.8 Å². The average molecular weight is 278 g/mol. The minimum atomic E-state index is -0.420. The number of nitrogens with zero attached hydrogens (tertiary/aromatic N) is 3. The summed E-state index contributed by atoms with van der Waals surface area (Å²) >= 11 is 0. The monoisotopic (exact) mass is 278 g/mol. The second-order valence-electron chi connectivity index (χ2n) is 5.25. The van der Waals surface area contributed by atoms with E-state index in [1.807, 2.05) is 0 Å². The quantitative estimate of drug-likeness (QED) is 0.427. The predicted molar refractivity (Wildman–Crippen MR) is 75.3 cm³/mol. The Bertz CT molecular complexity index is 523. The molecule has 0 radical (unpaired) electrons. The number of nitrogen functional groups attached to an aromatic ring is 1. The molecule has 1 aromatic heterocycles. The molecule has 108 valence electrons. The maximum Gasteiger partial charge on any atom is 0.311 e. The van der Waals surface area contributed by atoms with Crippen LogP contribution in [0.4, 0.5) is 17.3 Å². The van der Waals surface area contributed by atoms with Gasteiger partial charge in [0.2, 0.25) is 5.82 Å². The van der Waals surface area contributed by atoms with E-state index in [9.17, 15) is 10.1 Å². The number of nitrogens with one attached hydrogen (secondary N) is 2. The average Bonchev–Trinajstić information content (AvgIpc) is 3.03. The van der Waals surface area contributed by atoms with E-state index < -0.39 is 4.92 Å². The van der Waals surface area contributed by atoms with E-state index in [1.54, 1.807) is 0 Å². The Hall–Kier alpha value is -1.93. The van der Waals surface area contributed by atoms with Crippen LogP contribution in [-0.2, 0) is 0 Å². The van der Waals surface area contributed by atoms with Crippen molar-refractivity contribution >= 4 is 17.3 Å². The fourth-order valence-electron chi connectivity index (χ4n) is 3.21. The van der Waals surface area contributed by atoms with Crippen molar-refractivity contribution in [3.63, 3.8) is 0 Å². The molecule has 3 heterocycles. The Balaban J connectivity index is 1.83. The minimum Gasteiger partial charge on any atom is -0.360 e. The summed E-state index contributed by atoms with van der Waals surface area (Å²) in [7, 11) is 0. The first-order chi connectivity index (χ1) is 9.69. The third-order valence-corrected chi connectivity index (χ3v) is 4.15. The number of anilines is 2. The SMILES string of the molecule is NNc1ccc([N+](=O)[O-])c(NC2CCN3CCCC23)n1. The van der Waals surface area contributed by atoms with Gasteiger partial charge in [0, 0.05) is 24.7 Å². The van der Waals surface area contributed by atoms with Crippen LogP contribution in [0.25, 0.3) is 0 Å². The molecule has 4 N–H and O–H groups in total. The normalized spacial score (nSPS) is 25.4. The lowest BCUT2D eigenvalue weighted by Crippen LogP contribution is -2.34. The molecule has 0 bridgehead atoms. The Kier molecular flexibility index (Phi) is 3.41. The Morgan fingerprint density at radius 2 is 2.25 bits per heavy atom. The summed E-state index contributed by atoms with van der Waals surface area (Å²) in [6.45, 7) is 2.17. The lowest BCUT2D eigenvalue weighted by molar-refractivity contribution is -0.384. The van der Waals surface area contributed by atoms with Crippen LogP contribution in [0.3, 0.4) is 0 Å². The van der Waals surface area contributed by atoms with Crippen molar-refractivity contribution < 1.29 is 4.92 Å². The summed E-state index contributed by atoms with van der Waals surface area (Å²) in [5.74, 6) is 6.03. The zero-order valence-electron chi connectivity index (χ0n) is 11.1. The van der Waals surface area contributed by atoms with Crippen LogP contribution in [-0.4, -0.2) is 40.0 Å². The topological polar surface area (TPSA) is 109 Å². The van der Waals surface area contributed by atoms with Gasteiger partial charge in [-0.2, -0.15) is 0 Å². The smallest absolute Gasteiger partial charge is 0.311 e. The molecule has 2 unspecified atom stereocenters. The van der Waals surface area contributed by atoms with Crippen LogP contribution in [0.1, 0.15) is 19.3 Å². The van der Waals surface area contributed by atoms with Crippen molar-refractivity contribution in [2.75, 3.05) is 23.8 Å². The number of hydrogen-bond acceptors (Lipinski definition) is 7. The van der Waals surface area contributed by atoms with Crippen LogP contribution in [0.2, 0.25) is 0 Å². The fraction of sp³-hybridized carbons (Fsp3) is 0.583. The van der Waals surface area contributed by atoms with E-state index in [2.05, 4.69) is 20.6 Å². The highest BCUT2D eigenvalue weighted by molar-refractivity contribution is 5.60. The van der Waals surface area contributed by atoms with E-state index in [4.69, 9.17) is 5.84 Å². The van der Waals surface area contributed by atoms with Gasteiger partial charge < -0.3 is 10.7 Å². The van der Waals surface area contributed by atoms with Crippen LogP contribution >= 0.6 is 0 Å². The molecule has 2 fully saturated rings. The number of rotatable bonds is 4. The molecule has 0 amide bonds. The number of pyridine rings is 1. The Labute approximate surface area is 116 Å². The van der Waals surface area contributed by atoms with Crippen molar-refractivity contribution in [2.45, 2.75) is 31.3 Å². The third-order valence-electron chi connectivity index (χ3n) is 4.15. The van der Waals surface area contributed by atoms with Crippen molar-refractivity contribution in [2.24, 2.45) is 5.84 Å². The van der Waals surface area contributed by atoms with E-state index in [0.717, 1.165) is 25.9 Å². The van der Waals surface area contributed by atoms with Gasteiger partial charge in [-0.3, -0.25) is 15.0 Å². The number of hydrazine groups is 1. The second kappa shape index (κ2) is 5.22. The standard InChI is InChI=1S/C12H18N6O2/c13-16-11-4-3-10(18(19)20)12(15-11)14-8-5-7-17-6-1-2-9(8)17/h3-4,8-9H,1-2,5-7,13H2,(H2,14,15,16). The summed E-state index contributed by atoms with van der Waals surface area (Å²) in [6, 6.07) is 3.61. The first kappa shape index (κ1) is 13.1. The summed E-state index contributed by atoms with van der Waals surface area (Å²) < 4.78 is 0. The number of hydrogen-bond donors (Lipinski definition) is 3. The summed E-state index contributed by atoms with van der Waals surface area (Å²) in [5.41, 5.74) is 2.41. The van der Waals surface area contributed by atoms with Crippen molar-refractivity contribution in [3.05, 3.63) is 22.2 Å². The molecule has 0 spiro atoms. The third kappa shape index (κ3) is 2.27. The highest BCUT2D eigenvalue weighted by atomic mass is 16.6. The van der Waals surface area contributed by atoms with Crippen LogP contribution in [0, 0.1) is 10.1 Å². The summed E-state index contributed by atoms with van der Waals surface area (Å²) in [5, 5.41) is 14.3. The molecule has 2 aliphatic rings. The van der Waals surface area contributed by atoms with E-state index in [1.165, 1.54) is 18.6 Å². The molecule has 0 aliphatic carbocycles. The fourth-order valence-corrected chi connectivity index (χ4v) is 3.21. The zero-order chi connectivity index (χ0) is 14.1. The molecule has 2 aliphatic heterocycles. The molecular weight excluding hydrogens is 260 g/mol. The molecule has 20 heavy (non-hydrogen) atoms. The number of nitro groups is 1. The summed E-state index contributed by atoms with van der Waals surface area (Å²) in [4.78, 5) is 17.3. The largest absolute Gasteiger partial charge is 0.360 e. The predicted octanol–water partition coefficient (Wildman–Crippen LogP) is 0.924. The molecule has 3 rings (SSSR count). The molecular formula is C12H18N6O2. The molecule has 8 nitrogen and oxygen atoms in total. The van der Waals surface area contributed by atoms with Crippen molar-refractivity contribution in [3.8, 4) is 0 Å². The van der Waals surface area contributed by atoms with Crippen LogP contribution in [0.5, 0.6) is 0 Å².